The maximum absolute atomic E-state index is 3.45. The monoisotopic (exact) mass is 246 g/mol. The number of hydrogen-bond acceptors (Lipinski definition) is 3. The van der Waals surface area contributed by atoms with Gasteiger partial charge in [0, 0.05) is 37.7 Å². The molecular weight excluding hydrogens is 228 g/mol. The van der Waals surface area contributed by atoms with Gasteiger partial charge in [-0.05, 0) is 29.1 Å². The van der Waals surface area contributed by atoms with E-state index in [1.165, 1.54) is 16.1 Å². The summed E-state index contributed by atoms with van der Waals surface area (Å²) in [6.45, 7) is 1.87. The molecule has 0 unspecified atom stereocenters. The largest absolute Gasteiger partial charge is 0.378 e. The van der Waals surface area contributed by atoms with E-state index in [9.17, 15) is 0 Å². The molecule has 1 N–H and O–H groups in total. The van der Waals surface area contributed by atoms with Crippen molar-refractivity contribution >= 4 is 17.0 Å². The Hall–Kier alpha value is -1.32. The van der Waals surface area contributed by atoms with E-state index in [1.807, 2.05) is 0 Å². The topological polar surface area (TPSA) is 15.3 Å². The Labute approximate surface area is 107 Å². The lowest BCUT2D eigenvalue weighted by Crippen LogP contribution is -2.12. The number of rotatable bonds is 5. The fraction of sp³-hybridized carbons (Fsp3) is 0.286. The van der Waals surface area contributed by atoms with Crippen molar-refractivity contribution < 1.29 is 0 Å². The highest BCUT2D eigenvalue weighted by Crippen LogP contribution is 2.12. The molecule has 0 aliphatic carbocycles. The summed E-state index contributed by atoms with van der Waals surface area (Å²) in [6, 6.07) is 12.9. The number of anilines is 1. The van der Waals surface area contributed by atoms with E-state index in [0.717, 1.165) is 13.1 Å². The first-order chi connectivity index (χ1) is 8.25. The van der Waals surface area contributed by atoms with Gasteiger partial charge >= 0.3 is 0 Å². The molecule has 0 atom stereocenters. The molecule has 3 heteroatoms. The molecule has 0 bridgehead atoms. The molecule has 2 aromatic rings. The zero-order chi connectivity index (χ0) is 12.1. The summed E-state index contributed by atoms with van der Waals surface area (Å²) in [6.07, 6.45) is 0. The Morgan fingerprint density at radius 1 is 1.06 bits per heavy atom. The molecule has 0 fully saturated rings. The van der Waals surface area contributed by atoms with Gasteiger partial charge < -0.3 is 10.2 Å². The average molecular weight is 246 g/mol. The number of nitrogens with one attached hydrogen (secondary N) is 1. The second-order valence-corrected chi connectivity index (χ2v) is 5.28. The standard InChI is InChI=1S/C14H18N2S/c1-16(2)13-7-5-12(6-8-13)10-15-11-14-4-3-9-17-14/h3-9,15H,10-11H2,1-2H3. The minimum Gasteiger partial charge on any atom is -0.378 e. The number of hydrogen-bond donors (Lipinski definition) is 1. The highest BCUT2D eigenvalue weighted by atomic mass is 32.1. The summed E-state index contributed by atoms with van der Waals surface area (Å²) in [5, 5.41) is 5.56. The third-order valence-electron chi connectivity index (χ3n) is 2.66. The number of thiophene rings is 1. The average Bonchev–Trinajstić information content (AvgIpc) is 2.83. The molecule has 0 spiro atoms. The lowest BCUT2D eigenvalue weighted by molar-refractivity contribution is 0.701. The Bertz CT molecular complexity index is 432. The first-order valence-electron chi connectivity index (χ1n) is 5.75. The molecule has 1 heterocycles. The van der Waals surface area contributed by atoms with Crippen molar-refractivity contribution in [2.45, 2.75) is 13.1 Å². The van der Waals surface area contributed by atoms with Crippen LogP contribution in [0.3, 0.4) is 0 Å². The summed E-state index contributed by atoms with van der Waals surface area (Å²) in [4.78, 5) is 3.50. The molecule has 17 heavy (non-hydrogen) atoms. The van der Waals surface area contributed by atoms with Crippen LogP contribution in [0.15, 0.2) is 41.8 Å². The highest BCUT2D eigenvalue weighted by molar-refractivity contribution is 7.09. The van der Waals surface area contributed by atoms with Gasteiger partial charge in [-0.1, -0.05) is 18.2 Å². The van der Waals surface area contributed by atoms with E-state index >= 15 is 0 Å². The molecule has 2 rings (SSSR count). The van der Waals surface area contributed by atoms with Gasteiger partial charge in [-0.3, -0.25) is 0 Å². The fourth-order valence-corrected chi connectivity index (χ4v) is 2.33. The zero-order valence-electron chi connectivity index (χ0n) is 10.3. The van der Waals surface area contributed by atoms with Crippen LogP contribution in [0.5, 0.6) is 0 Å². The normalized spacial score (nSPS) is 10.5. The zero-order valence-corrected chi connectivity index (χ0v) is 11.1. The molecule has 0 radical (unpaired) electrons. The molecular formula is C14H18N2S. The second-order valence-electron chi connectivity index (χ2n) is 4.24. The lowest BCUT2D eigenvalue weighted by Gasteiger charge is -2.12. The quantitative estimate of drug-likeness (QED) is 0.872. The first kappa shape index (κ1) is 12.1. The SMILES string of the molecule is CN(C)c1ccc(CNCc2cccs2)cc1. The van der Waals surface area contributed by atoms with Gasteiger partial charge in [0.1, 0.15) is 0 Å². The summed E-state index contributed by atoms with van der Waals surface area (Å²) in [5.41, 5.74) is 2.57. The van der Waals surface area contributed by atoms with E-state index < -0.39 is 0 Å². The van der Waals surface area contributed by atoms with Crippen LogP contribution in [0, 0.1) is 0 Å². The molecule has 0 saturated carbocycles. The van der Waals surface area contributed by atoms with Crippen LogP contribution in [0.2, 0.25) is 0 Å². The maximum Gasteiger partial charge on any atom is 0.0361 e. The predicted molar refractivity (Wildman–Crippen MR) is 75.6 cm³/mol. The molecule has 0 amide bonds. The van der Waals surface area contributed by atoms with Crippen molar-refractivity contribution in [3.63, 3.8) is 0 Å². The Balaban J connectivity index is 1.83. The van der Waals surface area contributed by atoms with Crippen LogP contribution in [-0.2, 0) is 13.1 Å². The predicted octanol–water partition coefficient (Wildman–Crippen LogP) is 3.10. The highest BCUT2D eigenvalue weighted by Gasteiger charge is 1.97. The smallest absolute Gasteiger partial charge is 0.0361 e. The van der Waals surface area contributed by atoms with E-state index in [0.29, 0.717) is 0 Å². The fourth-order valence-electron chi connectivity index (χ4n) is 1.66. The molecule has 1 aromatic carbocycles. The molecule has 90 valence electrons. The van der Waals surface area contributed by atoms with Gasteiger partial charge in [-0.15, -0.1) is 11.3 Å². The Kier molecular flexibility index (Phi) is 4.18. The minimum absolute atomic E-state index is 0.922. The molecule has 0 aliphatic heterocycles. The molecule has 2 nitrogen and oxygen atoms in total. The van der Waals surface area contributed by atoms with Crippen molar-refractivity contribution in [2.24, 2.45) is 0 Å². The summed E-state index contributed by atoms with van der Waals surface area (Å²) in [5.74, 6) is 0. The summed E-state index contributed by atoms with van der Waals surface area (Å²) in [7, 11) is 4.12. The van der Waals surface area contributed by atoms with Crippen molar-refractivity contribution in [3.8, 4) is 0 Å². The van der Waals surface area contributed by atoms with Gasteiger partial charge in [0.2, 0.25) is 0 Å². The summed E-state index contributed by atoms with van der Waals surface area (Å²) >= 11 is 1.80. The van der Waals surface area contributed by atoms with Crippen molar-refractivity contribution in [3.05, 3.63) is 52.2 Å². The van der Waals surface area contributed by atoms with Crippen LogP contribution in [0.4, 0.5) is 5.69 Å². The van der Waals surface area contributed by atoms with E-state index in [4.69, 9.17) is 0 Å². The van der Waals surface area contributed by atoms with Crippen LogP contribution in [0.1, 0.15) is 10.4 Å². The second kappa shape index (κ2) is 5.84. The van der Waals surface area contributed by atoms with Crippen molar-refractivity contribution in [1.29, 1.82) is 0 Å². The van der Waals surface area contributed by atoms with Crippen LogP contribution < -0.4 is 10.2 Å². The molecule has 1 aromatic heterocycles. The van der Waals surface area contributed by atoms with E-state index in [2.05, 4.69) is 66.1 Å². The third kappa shape index (κ3) is 3.58. The van der Waals surface area contributed by atoms with Crippen LogP contribution in [-0.4, -0.2) is 14.1 Å². The van der Waals surface area contributed by atoms with E-state index in [1.54, 1.807) is 11.3 Å². The van der Waals surface area contributed by atoms with Gasteiger partial charge in [-0.2, -0.15) is 0 Å². The first-order valence-corrected chi connectivity index (χ1v) is 6.63. The maximum atomic E-state index is 3.45. The van der Waals surface area contributed by atoms with Crippen LogP contribution in [0.25, 0.3) is 0 Å². The van der Waals surface area contributed by atoms with Crippen molar-refractivity contribution in [1.82, 2.24) is 5.32 Å². The Morgan fingerprint density at radius 3 is 2.41 bits per heavy atom. The molecule has 0 saturated heterocycles. The van der Waals surface area contributed by atoms with E-state index in [-0.39, 0.29) is 0 Å². The number of benzene rings is 1. The minimum atomic E-state index is 0.922. The van der Waals surface area contributed by atoms with Gasteiger partial charge in [0.15, 0.2) is 0 Å². The van der Waals surface area contributed by atoms with Crippen LogP contribution >= 0.6 is 11.3 Å². The molecule has 0 aliphatic rings. The van der Waals surface area contributed by atoms with Gasteiger partial charge in [0.25, 0.3) is 0 Å². The van der Waals surface area contributed by atoms with Gasteiger partial charge in [-0.25, -0.2) is 0 Å². The van der Waals surface area contributed by atoms with Crippen molar-refractivity contribution in [2.75, 3.05) is 19.0 Å². The van der Waals surface area contributed by atoms with Gasteiger partial charge in [0.05, 0.1) is 0 Å². The Morgan fingerprint density at radius 2 is 1.82 bits per heavy atom. The third-order valence-corrected chi connectivity index (χ3v) is 3.54. The lowest BCUT2D eigenvalue weighted by atomic mass is 10.2. The summed E-state index contributed by atoms with van der Waals surface area (Å²) < 4.78 is 0. The number of nitrogens with zero attached hydrogens (tertiary/aromatic N) is 1.